The fourth-order valence-corrected chi connectivity index (χ4v) is 4.45. The third-order valence-electron chi connectivity index (χ3n) is 5.79. The SMILES string of the molecule is COOSN(C)C1=NC(C2CCC(F)CC2)C(/C=C/C(O)CC(O)CC(=O)O)=C(C(C)C)N1. The molecule has 0 aromatic carbocycles. The van der Waals surface area contributed by atoms with E-state index < -0.39 is 30.8 Å². The number of carbonyl (C=O) groups is 1. The van der Waals surface area contributed by atoms with Crippen LogP contribution < -0.4 is 5.32 Å². The maximum atomic E-state index is 13.8. The molecule has 4 N–H and O–H groups in total. The first-order chi connectivity index (χ1) is 15.6. The van der Waals surface area contributed by atoms with Crippen molar-refractivity contribution >= 4 is 24.2 Å². The number of rotatable bonds is 11. The van der Waals surface area contributed by atoms with Crippen molar-refractivity contribution in [2.45, 2.75) is 76.8 Å². The van der Waals surface area contributed by atoms with Gasteiger partial charge in [-0.1, -0.05) is 26.0 Å². The lowest BCUT2D eigenvalue weighted by molar-refractivity contribution is -0.162. The molecule has 33 heavy (non-hydrogen) atoms. The number of allylic oxidation sites excluding steroid dienone is 1. The summed E-state index contributed by atoms with van der Waals surface area (Å²) in [6, 6.07) is -0.246. The summed E-state index contributed by atoms with van der Waals surface area (Å²) in [5.41, 5.74) is 1.82. The van der Waals surface area contributed by atoms with Crippen LogP contribution >= 0.6 is 12.2 Å². The number of alkyl halides is 1. The zero-order valence-electron chi connectivity index (χ0n) is 19.6. The number of carboxylic acids is 1. The van der Waals surface area contributed by atoms with Crippen molar-refractivity contribution in [3.05, 3.63) is 23.4 Å². The van der Waals surface area contributed by atoms with Crippen molar-refractivity contribution < 1.29 is 33.7 Å². The maximum absolute atomic E-state index is 13.8. The predicted molar refractivity (Wildman–Crippen MR) is 125 cm³/mol. The Morgan fingerprint density at radius 2 is 2.00 bits per heavy atom. The van der Waals surface area contributed by atoms with Crippen LogP contribution in [0.4, 0.5) is 4.39 Å². The molecule has 2 aliphatic rings. The minimum absolute atomic E-state index is 0.0829. The molecule has 0 radical (unpaired) electrons. The first-order valence-corrected chi connectivity index (χ1v) is 11.9. The number of aliphatic carboxylic acids is 1. The van der Waals surface area contributed by atoms with E-state index in [1.165, 1.54) is 7.11 Å². The van der Waals surface area contributed by atoms with Gasteiger partial charge in [-0.15, -0.1) is 4.33 Å². The lowest BCUT2D eigenvalue weighted by atomic mass is 9.78. The van der Waals surface area contributed by atoms with Crippen LogP contribution in [0.25, 0.3) is 0 Å². The molecule has 1 aliphatic carbocycles. The lowest BCUT2D eigenvalue weighted by Gasteiger charge is -2.37. The molecule has 0 spiro atoms. The summed E-state index contributed by atoms with van der Waals surface area (Å²) in [5.74, 6) is -0.293. The van der Waals surface area contributed by atoms with E-state index in [1.807, 2.05) is 13.8 Å². The molecule has 0 aromatic rings. The van der Waals surface area contributed by atoms with E-state index in [-0.39, 0.29) is 24.3 Å². The number of nitrogens with one attached hydrogen (secondary N) is 1. The number of halogens is 1. The summed E-state index contributed by atoms with van der Waals surface area (Å²) in [7, 11) is 3.20. The number of guanidine groups is 1. The molecule has 0 amide bonds. The van der Waals surface area contributed by atoms with Gasteiger partial charge in [-0.2, -0.15) is 0 Å². The zero-order chi connectivity index (χ0) is 24.5. The Kier molecular flexibility index (Phi) is 11.1. The second kappa shape index (κ2) is 13.3. The number of aliphatic imine (C=N–C) groups is 1. The molecule has 9 nitrogen and oxygen atoms in total. The van der Waals surface area contributed by atoms with E-state index in [9.17, 15) is 19.4 Å². The van der Waals surface area contributed by atoms with Crippen molar-refractivity contribution in [2.75, 3.05) is 14.2 Å². The average molecular weight is 490 g/mol. The Labute approximate surface area is 199 Å². The van der Waals surface area contributed by atoms with E-state index >= 15 is 0 Å². The van der Waals surface area contributed by atoms with Gasteiger partial charge in [-0.25, -0.2) is 14.3 Å². The van der Waals surface area contributed by atoms with Gasteiger partial charge in [0.1, 0.15) is 6.17 Å². The summed E-state index contributed by atoms with van der Waals surface area (Å²) in [4.78, 5) is 20.3. The highest BCUT2D eigenvalue weighted by Crippen LogP contribution is 2.37. The van der Waals surface area contributed by atoms with E-state index in [1.54, 1.807) is 23.5 Å². The highest BCUT2D eigenvalue weighted by molar-refractivity contribution is 7.92. The molecular weight excluding hydrogens is 453 g/mol. The molecule has 0 saturated heterocycles. The molecule has 3 atom stereocenters. The summed E-state index contributed by atoms with van der Waals surface area (Å²) < 4.78 is 20.5. The third-order valence-corrected chi connectivity index (χ3v) is 6.39. The van der Waals surface area contributed by atoms with E-state index in [4.69, 9.17) is 14.4 Å². The average Bonchev–Trinajstić information content (AvgIpc) is 2.75. The Hall–Kier alpha value is -1.66. The third kappa shape index (κ3) is 8.56. The van der Waals surface area contributed by atoms with Crippen LogP contribution in [0.5, 0.6) is 0 Å². The van der Waals surface area contributed by atoms with Crippen LogP contribution in [0.3, 0.4) is 0 Å². The van der Waals surface area contributed by atoms with Crippen molar-refractivity contribution in [1.82, 2.24) is 9.62 Å². The molecule has 1 aliphatic heterocycles. The van der Waals surface area contributed by atoms with Crippen LogP contribution in [0.1, 0.15) is 52.4 Å². The normalized spacial score (nSPS) is 25.7. The zero-order valence-corrected chi connectivity index (χ0v) is 20.4. The number of aliphatic hydroxyl groups excluding tert-OH is 2. The van der Waals surface area contributed by atoms with Gasteiger partial charge < -0.3 is 20.6 Å². The van der Waals surface area contributed by atoms with Crippen molar-refractivity contribution in [2.24, 2.45) is 16.8 Å². The molecule has 0 aromatic heterocycles. The largest absolute Gasteiger partial charge is 0.481 e. The van der Waals surface area contributed by atoms with Crippen molar-refractivity contribution in [3.8, 4) is 0 Å². The number of hydrogen-bond acceptors (Lipinski definition) is 9. The lowest BCUT2D eigenvalue weighted by Crippen LogP contribution is -2.44. The van der Waals surface area contributed by atoms with Crippen LogP contribution in [0.15, 0.2) is 28.4 Å². The van der Waals surface area contributed by atoms with E-state index in [2.05, 4.69) is 10.2 Å². The van der Waals surface area contributed by atoms with Gasteiger partial charge >= 0.3 is 5.97 Å². The smallest absolute Gasteiger partial charge is 0.305 e. The van der Waals surface area contributed by atoms with E-state index in [0.29, 0.717) is 31.6 Å². The Bertz CT molecular complexity index is 740. The summed E-state index contributed by atoms with van der Waals surface area (Å²) >= 11 is 0.978. The van der Waals surface area contributed by atoms with Crippen LogP contribution in [0.2, 0.25) is 0 Å². The highest BCUT2D eigenvalue weighted by Gasteiger charge is 2.34. The molecule has 0 bridgehead atoms. The van der Waals surface area contributed by atoms with Gasteiger partial charge in [0.05, 0.1) is 31.8 Å². The van der Waals surface area contributed by atoms with Gasteiger partial charge in [-0.3, -0.25) is 9.10 Å². The Morgan fingerprint density at radius 3 is 2.58 bits per heavy atom. The van der Waals surface area contributed by atoms with Gasteiger partial charge in [0.25, 0.3) is 0 Å². The van der Waals surface area contributed by atoms with Crippen molar-refractivity contribution in [3.63, 3.8) is 0 Å². The molecule has 11 heteroatoms. The van der Waals surface area contributed by atoms with Crippen LogP contribution in [-0.2, 0) is 14.0 Å². The molecule has 1 heterocycles. The van der Waals surface area contributed by atoms with E-state index in [0.717, 1.165) is 23.5 Å². The minimum Gasteiger partial charge on any atom is -0.481 e. The predicted octanol–water partition coefficient (Wildman–Crippen LogP) is 2.97. The molecule has 188 valence electrons. The summed E-state index contributed by atoms with van der Waals surface area (Å²) in [6.07, 6.45) is 2.31. The van der Waals surface area contributed by atoms with Crippen molar-refractivity contribution in [1.29, 1.82) is 0 Å². The summed E-state index contributed by atoms with van der Waals surface area (Å²) in [6.45, 7) is 4.08. The highest BCUT2D eigenvalue weighted by atomic mass is 32.2. The fourth-order valence-electron chi connectivity index (χ4n) is 4.13. The first kappa shape index (κ1) is 27.6. The van der Waals surface area contributed by atoms with Gasteiger partial charge in [0.2, 0.25) is 5.96 Å². The minimum atomic E-state index is -1.14. The maximum Gasteiger partial charge on any atom is 0.305 e. The topological polar surface area (TPSA) is 124 Å². The number of nitrogens with zero attached hydrogens (tertiary/aromatic N) is 2. The number of hydrogen-bond donors (Lipinski definition) is 4. The summed E-state index contributed by atoms with van der Waals surface area (Å²) in [5, 5.41) is 32.3. The molecule has 2 rings (SSSR count). The molecule has 1 fully saturated rings. The standard InChI is InChI=1S/C22H36FN3O6S/c1-13(2)20-18(10-9-16(27)11-17(28)12-19(29)30)21(14-5-7-15(23)8-6-14)25-22(24-20)26(3)33-32-31-4/h9-10,13-17,21,27-28H,5-8,11-12H2,1-4H3,(H,24,25)(H,29,30)/b10-9+. The van der Waals surface area contributed by atoms with Gasteiger partial charge in [0, 0.05) is 19.2 Å². The Balaban J connectivity index is 2.30. The first-order valence-electron chi connectivity index (χ1n) is 11.2. The fraction of sp³-hybridized carbons (Fsp3) is 0.727. The van der Waals surface area contributed by atoms with Gasteiger partial charge in [0.15, 0.2) is 12.2 Å². The molecular formula is C22H36FN3O6S. The monoisotopic (exact) mass is 489 g/mol. The second-order valence-electron chi connectivity index (χ2n) is 8.78. The second-order valence-corrected chi connectivity index (χ2v) is 9.61. The van der Waals surface area contributed by atoms with Crippen LogP contribution in [0, 0.1) is 11.8 Å². The quantitative estimate of drug-likeness (QED) is 0.150. The van der Waals surface area contributed by atoms with Gasteiger partial charge in [-0.05, 0) is 43.1 Å². The van der Waals surface area contributed by atoms with Crippen LogP contribution in [-0.4, -0.2) is 70.1 Å². The molecule has 3 unspecified atom stereocenters. The number of aliphatic hydroxyl groups is 2. The Morgan fingerprint density at radius 1 is 1.33 bits per heavy atom. The molecule has 1 saturated carbocycles. The number of carboxylic acid groups (broad SMARTS) is 1.